The van der Waals surface area contributed by atoms with Crippen LogP contribution in [0.1, 0.15) is 21.5 Å². The minimum atomic E-state index is 0.0725. The Morgan fingerprint density at radius 1 is 1.10 bits per heavy atom. The van der Waals surface area contributed by atoms with Crippen molar-refractivity contribution in [3.05, 3.63) is 71.5 Å². The average Bonchev–Trinajstić information content (AvgIpc) is 2.76. The molecular formula is C18H14N2O. The third-order valence-electron chi connectivity index (χ3n) is 3.92. The van der Waals surface area contributed by atoms with Crippen LogP contribution in [0.2, 0.25) is 0 Å². The molecule has 3 aromatic rings. The number of carbonyl (C=O) groups is 1. The Morgan fingerprint density at radius 3 is 2.71 bits per heavy atom. The van der Waals surface area contributed by atoms with Crippen LogP contribution < -0.4 is 4.90 Å². The molecule has 0 fully saturated rings. The predicted octanol–water partition coefficient (Wildman–Crippen LogP) is 3.70. The summed E-state index contributed by atoms with van der Waals surface area (Å²) < 4.78 is 0. The van der Waals surface area contributed by atoms with E-state index >= 15 is 0 Å². The Bertz CT molecular complexity index is 865. The van der Waals surface area contributed by atoms with Gasteiger partial charge in [0.2, 0.25) is 0 Å². The molecule has 1 aromatic heterocycles. The van der Waals surface area contributed by atoms with Gasteiger partial charge >= 0.3 is 0 Å². The Labute approximate surface area is 122 Å². The van der Waals surface area contributed by atoms with E-state index < -0.39 is 0 Å². The second-order valence-corrected chi connectivity index (χ2v) is 5.44. The number of nitrogens with zero attached hydrogens (tertiary/aromatic N) is 2. The highest BCUT2D eigenvalue weighted by Gasteiger charge is 2.29. The number of benzene rings is 2. The molecule has 0 radical (unpaired) electrons. The van der Waals surface area contributed by atoms with Gasteiger partial charge in [-0.3, -0.25) is 9.78 Å². The van der Waals surface area contributed by atoms with Crippen molar-refractivity contribution < 1.29 is 4.79 Å². The molecule has 4 rings (SSSR count). The van der Waals surface area contributed by atoms with E-state index in [1.807, 2.05) is 60.6 Å². The smallest absolute Gasteiger partial charge is 0.259 e. The zero-order chi connectivity index (χ0) is 14.4. The number of hydrogen-bond acceptors (Lipinski definition) is 2. The van der Waals surface area contributed by atoms with Crippen LogP contribution in [0.25, 0.3) is 10.8 Å². The topological polar surface area (TPSA) is 33.2 Å². The molecule has 3 heteroatoms. The van der Waals surface area contributed by atoms with Crippen molar-refractivity contribution in [2.75, 3.05) is 4.90 Å². The second-order valence-electron chi connectivity index (χ2n) is 5.44. The van der Waals surface area contributed by atoms with Crippen LogP contribution in [-0.2, 0) is 6.54 Å². The van der Waals surface area contributed by atoms with Gasteiger partial charge in [-0.25, -0.2) is 0 Å². The van der Waals surface area contributed by atoms with E-state index in [0.29, 0.717) is 6.54 Å². The molecule has 21 heavy (non-hydrogen) atoms. The van der Waals surface area contributed by atoms with Gasteiger partial charge in [0.05, 0.1) is 12.2 Å². The lowest BCUT2D eigenvalue weighted by Crippen LogP contribution is -2.26. The zero-order valence-corrected chi connectivity index (χ0v) is 11.7. The van der Waals surface area contributed by atoms with E-state index in [1.54, 1.807) is 0 Å². The first-order valence-corrected chi connectivity index (χ1v) is 6.98. The van der Waals surface area contributed by atoms with Crippen molar-refractivity contribution in [2.45, 2.75) is 13.5 Å². The highest BCUT2D eigenvalue weighted by Crippen LogP contribution is 2.37. The number of anilines is 1. The Hall–Kier alpha value is -2.68. The molecule has 1 aliphatic heterocycles. The lowest BCUT2D eigenvalue weighted by molar-refractivity contribution is 0.0991. The lowest BCUT2D eigenvalue weighted by Gasteiger charge is -2.17. The van der Waals surface area contributed by atoms with Crippen LogP contribution in [0.3, 0.4) is 0 Å². The fourth-order valence-corrected chi connectivity index (χ4v) is 3.02. The van der Waals surface area contributed by atoms with Gasteiger partial charge in [0.1, 0.15) is 0 Å². The number of carbonyl (C=O) groups excluding carboxylic acids is 1. The minimum Gasteiger partial charge on any atom is -0.303 e. The quantitative estimate of drug-likeness (QED) is 0.714. The van der Waals surface area contributed by atoms with Crippen LogP contribution in [0.15, 0.2) is 54.9 Å². The Morgan fingerprint density at radius 2 is 1.90 bits per heavy atom. The van der Waals surface area contributed by atoms with Crippen molar-refractivity contribution >= 4 is 22.4 Å². The zero-order valence-electron chi connectivity index (χ0n) is 11.7. The SMILES string of the molecule is Cc1cncc(CN2C(=O)c3cccc4cccc2c34)c1. The molecule has 2 aromatic carbocycles. The van der Waals surface area contributed by atoms with E-state index in [4.69, 9.17) is 0 Å². The van der Waals surface area contributed by atoms with Crippen molar-refractivity contribution in [3.63, 3.8) is 0 Å². The molecule has 0 N–H and O–H groups in total. The number of rotatable bonds is 2. The van der Waals surface area contributed by atoms with Crippen molar-refractivity contribution in [1.29, 1.82) is 0 Å². The lowest BCUT2D eigenvalue weighted by atomic mass is 10.1. The van der Waals surface area contributed by atoms with Gasteiger partial charge in [-0.15, -0.1) is 0 Å². The molecular weight excluding hydrogens is 260 g/mol. The summed E-state index contributed by atoms with van der Waals surface area (Å²) >= 11 is 0. The molecule has 1 amide bonds. The molecule has 0 unspecified atom stereocenters. The fraction of sp³-hybridized carbons (Fsp3) is 0.111. The van der Waals surface area contributed by atoms with E-state index in [-0.39, 0.29) is 5.91 Å². The first kappa shape index (κ1) is 12.1. The first-order valence-electron chi connectivity index (χ1n) is 6.98. The fourth-order valence-electron chi connectivity index (χ4n) is 3.02. The van der Waals surface area contributed by atoms with E-state index in [0.717, 1.165) is 33.2 Å². The molecule has 0 bridgehead atoms. The summed E-state index contributed by atoms with van der Waals surface area (Å²) in [5, 5.41) is 2.17. The second kappa shape index (κ2) is 4.42. The van der Waals surface area contributed by atoms with Crippen LogP contribution >= 0.6 is 0 Å². The van der Waals surface area contributed by atoms with E-state index in [9.17, 15) is 4.79 Å². The first-order chi connectivity index (χ1) is 10.2. The summed E-state index contributed by atoms with van der Waals surface area (Å²) in [6.45, 7) is 2.57. The van der Waals surface area contributed by atoms with Gasteiger partial charge in [-0.05, 0) is 35.6 Å². The Balaban J connectivity index is 1.82. The third-order valence-corrected chi connectivity index (χ3v) is 3.92. The molecule has 3 nitrogen and oxygen atoms in total. The van der Waals surface area contributed by atoms with Gasteiger partial charge in [-0.2, -0.15) is 0 Å². The van der Waals surface area contributed by atoms with Gasteiger partial charge in [-0.1, -0.05) is 30.3 Å². The summed E-state index contributed by atoms with van der Waals surface area (Å²) in [6, 6.07) is 14.0. The molecule has 0 saturated carbocycles. The number of pyridine rings is 1. The van der Waals surface area contributed by atoms with E-state index in [1.165, 1.54) is 0 Å². The average molecular weight is 274 g/mol. The van der Waals surface area contributed by atoms with Gasteiger partial charge in [0.15, 0.2) is 0 Å². The molecule has 1 aliphatic rings. The van der Waals surface area contributed by atoms with E-state index in [2.05, 4.69) is 11.1 Å². The molecule has 102 valence electrons. The largest absolute Gasteiger partial charge is 0.303 e. The van der Waals surface area contributed by atoms with Crippen molar-refractivity contribution in [2.24, 2.45) is 0 Å². The summed E-state index contributed by atoms with van der Waals surface area (Å²) in [4.78, 5) is 18.7. The van der Waals surface area contributed by atoms with Crippen molar-refractivity contribution in [3.8, 4) is 0 Å². The van der Waals surface area contributed by atoms with Gasteiger partial charge in [0, 0.05) is 23.3 Å². The summed E-state index contributed by atoms with van der Waals surface area (Å²) in [6.07, 6.45) is 3.65. The summed E-state index contributed by atoms with van der Waals surface area (Å²) in [7, 11) is 0. The normalized spacial score (nSPS) is 13.2. The van der Waals surface area contributed by atoms with Crippen LogP contribution in [0.5, 0.6) is 0 Å². The number of aromatic nitrogens is 1. The third kappa shape index (κ3) is 1.82. The van der Waals surface area contributed by atoms with Crippen molar-refractivity contribution in [1.82, 2.24) is 4.98 Å². The summed E-state index contributed by atoms with van der Waals surface area (Å²) in [5.74, 6) is 0.0725. The molecule has 0 aliphatic carbocycles. The molecule has 0 saturated heterocycles. The van der Waals surface area contributed by atoms with Crippen LogP contribution in [0.4, 0.5) is 5.69 Å². The Kier molecular flexibility index (Phi) is 2.54. The molecule has 2 heterocycles. The predicted molar refractivity (Wildman–Crippen MR) is 83.4 cm³/mol. The van der Waals surface area contributed by atoms with Gasteiger partial charge < -0.3 is 4.90 Å². The summed E-state index contributed by atoms with van der Waals surface area (Å²) in [5.41, 5.74) is 3.95. The monoisotopic (exact) mass is 274 g/mol. The number of amides is 1. The number of hydrogen-bond donors (Lipinski definition) is 0. The van der Waals surface area contributed by atoms with Crippen LogP contribution in [-0.4, -0.2) is 10.9 Å². The highest BCUT2D eigenvalue weighted by molar-refractivity contribution is 6.24. The molecule has 0 atom stereocenters. The molecule has 0 spiro atoms. The van der Waals surface area contributed by atoms with Gasteiger partial charge in [0.25, 0.3) is 5.91 Å². The maximum Gasteiger partial charge on any atom is 0.259 e. The van der Waals surface area contributed by atoms with Crippen LogP contribution in [0, 0.1) is 6.92 Å². The number of aryl methyl sites for hydroxylation is 1. The maximum atomic E-state index is 12.7. The maximum absolute atomic E-state index is 12.7. The highest BCUT2D eigenvalue weighted by atomic mass is 16.2. The minimum absolute atomic E-state index is 0.0725. The standard InChI is InChI=1S/C18H14N2O/c1-12-8-13(10-19-9-12)11-20-16-7-3-5-14-4-2-6-15(17(14)16)18(20)21/h2-10H,11H2,1H3.